The van der Waals surface area contributed by atoms with Crippen LogP contribution in [-0.2, 0) is 17.7 Å². The molecule has 6 heteroatoms. The monoisotopic (exact) mass is 342 g/mol. The molecule has 0 amide bonds. The summed E-state index contributed by atoms with van der Waals surface area (Å²) in [7, 11) is 1.77. The van der Waals surface area contributed by atoms with Crippen LogP contribution < -0.4 is 0 Å². The van der Waals surface area contributed by atoms with Crippen LogP contribution in [0, 0.1) is 5.82 Å². The van der Waals surface area contributed by atoms with Gasteiger partial charge < -0.3 is 9.30 Å². The summed E-state index contributed by atoms with van der Waals surface area (Å²) in [6.45, 7) is 2.71. The molecule has 0 spiro atoms. The van der Waals surface area contributed by atoms with Crippen LogP contribution in [0.5, 0.6) is 0 Å². The molecule has 2 aliphatic heterocycles. The minimum atomic E-state index is -0.208. The van der Waals surface area contributed by atoms with Crippen LogP contribution in [0.15, 0.2) is 30.3 Å². The number of hydrogen-bond donors (Lipinski definition) is 0. The van der Waals surface area contributed by atoms with Crippen molar-refractivity contribution in [3.63, 3.8) is 0 Å². The molecule has 2 aromatic rings. The van der Waals surface area contributed by atoms with Gasteiger partial charge in [-0.15, -0.1) is 10.2 Å². The molecule has 1 fully saturated rings. The van der Waals surface area contributed by atoms with Crippen molar-refractivity contribution < 1.29 is 9.13 Å². The Morgan fingerprint density at radius 3 is 2.92 bits per heavy atom. The molecule has 0 N–H and O–H groups in total. The van der Waals surface area contributed by atoms with Gasteiger partial charge in [0, 0.05) is 33.2 Å². The van der Waals surface area contributed by atoms with Crippen molar-refractivity contribution in [1.29, 1.82) is 0 Å². The minimum Gasteiger partial charge on any atom is -0.380 e. The number of aryl methyl sites for hydroxylation is 1. The Morgan fingerprint density at radius 1 is 1.28 bits per heavy atom. The average molecular weight is 342 g/mol. The quantitative estimate of drug-likeness (QED) is 0.838. The Balaban J connectivity index is 1.49. The number of fused-ring (bicyclic) bond motifs is 1. The van der Waals surface area contributed by atoms with Gasteiger partial charge in [0.1, 0.15) is 11.6 Å². The third-order valence-electron chi connectivity index (χ3n) is 5.15. The maximum absolute atomic E-state index is 13.0. The van der Waals surface area contributed by atoms with Crippen LogP contribution in [0.1, 0.15) is 36.1 Å². The fourth-order valence-corrected chi connectivity index (χ4v) is 3.82. The van der Waals surface area contributed by atoms with Gasteiger partial charge in [0.15, 0.2) is 5.82 Å². The van der Waals surface area contributed by atoms with Gasteiger partial charge in [0.25, 0.3) is 0 Å². The minimum absolute atomic E-state index is 0.208. The van der Waals surface area contributed by atoms with Crippen LogP contribution in [0.2, 0.25) is 0 Å². The van der Waals surface area contributed by atoms with E-state index in [1.54, 1.807) is 19.2 Å². The molecule has 0 bridgehead atoms. The zero-order valence-corrected chi connectivity index (χ0v) is 14.4. The van der Waals surface area contributed by atoms with Crippen LogP contribution in [0.4, 0.5) is 4.39 Å². The molecule has 1 aromatic carbocycles. The van der Waals surface area contributed by atoms with Crippen LogP contribution >= 0.6 is 0 Å². The highest BCUT2D eigenvalue weighted by Crippen LogP contribution is 2.33. The van der Waals surface area contributed by atoms with E-state index < -0.39 is 0 Å². The first-order chi connectivity index (χ1) is 12.2. The molecule has 2 aliphatic rings. The van der Waals surface area contributed by atoms with E-state index in [1.165, 1.54) is 12.1 Å². The molecule has 2 atom stereocenters. The van der Waals surface area contributed by atoms with Gasteiger partial charge in [-0.05, 0) is 30.5 Å². The van der Waals surface area contributed by atoms with Crippen LogP contribution in [0.25, 0.3) is 6.08 Å². The normalized spacial score (nSPS) is 23.6. The maximum atomic E-state index is 13.0. The van der Waals surface area contributed by atoms with Gasteiger partial charge in [0.2, 0.25) is 0 Å². The summed E-state index contributed by atoms with van der Waals surface area (Å²) < 4.78 is 20.9. The highest BCUT2D eigenvalue weighted by Gasteiger charge is 2.36. The summed E-state index contributed by atoms with van der Waals surface area (Å²) in [4.78, 5) is 2.39. The van der Waals surface area contributed by atoms with E-state index >= 15 is 0 Å². The van der Waals surface area contributed by atoms with Gasteiger partial charge in [-0.3, -0.25) is 4.90 Å². The number of benzene rings is 1. The van der Waals surface area contributed by atoms with Crippen molar-refractivity contribution in [3.8, 4) is 0 Å². The van der Waals surface area contributed by atoms with Crippen molar-refractivity contribution in [2.75, 3.05) is 20.2 Å². The predicted molar refractivity (Wildman–Crippen MR) is 93.5 cm³/mol. The number of halogens is 1. The number of methoxy groups -OCH3 is 1. The summed E-state index contributed by atoms with van der Waals surface area (Å²) >= 11 is 0. The van der Waals surface area contributed by atoms with E-state index in [2.05, 4.69) is 25.7 Å². The van der Waals surface area contributed by atoms with E-state index in [9.17, 15) is 4.39 Å². The van der Waals surface area contributed by atoms with Gasteiger partial charge in [-0.1, -0.05) is 24.3 Å². The zero-order chi connectivity index (χ0) is 17.2. The summed E-state index contributed by atoms with van der Waals surface area (Å²) in [6.07, 6.45) is 7.50. The van der Waals surface area contributed by atoms with Crippen molar-refractivity contribution in [3.05, 3.63) is 53.4 Å². The topological polar surface area (TPSA) is 43.2 Å². The predicted octanol–water partition coefficient (Wildman–Crippen LogP) is 2.84. The molecule has 25 heavy (non-hydrogen) atoms. The maximum Gasteiger partial charge on any atom is 0.150 e. The number of likely N-dealkylation sites (tertiary alicyclic amines) is 1. The molecule has 0 radical (unpaired) electrons. The van der Waals surface area contributed by atoms with Crippen molar-refractivity contribution in [2.24, 2.45) is 0 Å². The Bertz CT molecular complexity index is 755. The molecule has 1 aromatic heterocycles. The average Bonchev–Trinajstić information content (AvgIpc) is 3.31. The Hall–Kier alpha value is -2.05. The fraction of sp³-hybridized carbons (Fsp3) is 0.474. The first kappa shape index (κ1) is 16.4. The first-order valence-corrected chi connectivity index (χ1v) is 8.85. The molecular weight excluding hydrogens is 319 g/mol. The molecule has 132 valence electrons. The second-order valence-electron chi connectivity index (χ2n) is 6.75. The molecule has 3 heterocycles. The lowest BCUT2D eigenvalue weighted by molar-refractivity contribution is 0.109. The number of rotatable bonds is 5. The lowest BCUT2D eigenvalue weighted by Gasteiger charge is -2.22. The molecule has 0 unspecified atom stereocenters. The highest BCUT2D eigenvalue weighted by molar-refractivity contribution is 5.49. The van der Waals surface area contributed by atoms with Crippen molar-refractivity contribution in [1.82, 2.24) is 19.7 Å². The number of ether oxygens (including phenoxy) is 1. The summed E-state index contributed by atoms with van der Waals surface area (Å²) in [5, 5.41) is 8.82. The van der Waals surface area contributed by atoms with E-state index in [4.69, 9.17) is 4.74 Å². The molecule has 4 rings (SSSR count). The molecule has 1 saturated heterocycles. The zero-order valence-electron chi connectivity index (χ0n) is 14.4. The Labute approximate surface area is 147 Å². The van der Waals surface area contributed by atoms with Gasteiger partial charge >= 0.3 is 0 Å². The van der Waals surface area contributed by atoms with E-state index in [0.717, 1.165) is 56.1 Å². The SMILES string of the molecule is CO[C@@H]1C[C@@H](c2nnc3n2CCC3)N(C/C=C/c2ccc(F)cc2)C1. The lowest BCUT2D eigenvalue weighted by Crippen LogP contribution is -2.27. The standard InChI is InChI=1S/C19H23FN4O/c1-25-16-12-17(19-22-21-18-5-3-11-24(18)19)23(13-16)10-2-4-14-6-8-15(20)9-7-14/h2,4,6-9,16-17H,3,5,10-13H2,1H3/b4-2+/t16-,17+/m1/s1. The summed E-state index contributed by atoms with van der Waals surface area (Å²) in [5.41, 5.74) is 1.00. The van der Waals surface area contributed by atoms with E-state index in [-0.39, 0.29) is 18.0 Å². The number of nitrogens with zero attached hydrogens (tertiary/aromatic N) is 4. The molecule has 5 nitrogen and oxygen atoms in total. The van der Waals surface area contributed by atoms with E-state index in [1.807, 2.05) is 6.08 Å². The summed E-state index contributed by atoms with van der Waals surface area (Å²) in [5.74, 6) is 1.97. The number of aromatic nitrogens is 3. The largest absolute Gasteiger partial charge is 0.380 e. The second kappa shape index (κ2) is 7.06. The molecule has 0 aliphatic carbocycles. The molecule has 0 saturated carbocycles. The van der Waals surface area contributed by atoms with Gasteiger partial charge in [0.05, 0.1) is 12.1 Å². The van der Waals surface area contributed by atoms with Crippen LogP contribution in [0.3, 0.4) is 0 Å². The van der Waals surface area contributed by atoms with Crippen molar-refractivity contribution >= 4 is 6.08 Å². The summed E-state index contributed by atoms with van der Waals surface area (Å²) in [6, 6.07) is 6.78. The van der Waals surface area contributed by atoms with Gasteiger partial charge in [-0.2, -0.15) is 0 Å². The van der Waals surface area contributed by atoms with Crippen LogP contribution in [-0.4, -0.2) is 46.0 Å². The van der Waals surface area contributed by atoms with E-state index in [0.29, 0.717) is 0 Å². The Morgan fingerprint density at radius 2 is 2.12 bits per heavy atom. The Kier molecular flexibility index (Phi) is 4.63. The fourth-order valence-electron chi connectivity index (χ4n) is 3.82. The van der Waals surface area contributed by atoms with Crippen molar-refractivity contribution in [2.45, 2.75) is 38.0 Å². The smallest absolute Gasteiger partial charge is 0.150 e. The molecular formula is C19H23FN4O. The number of hydrogen-bond acceptors (Lipinski definition) is 4. The van der Waals surface area contributed by atoms with Gasteiger partial charge in [-0.25, -0.2) is 4.39 Å². The second-order valence-corrected chi connectivity index (χ2v) is 6.75. The third-order valence-corrected chi connectivity index (χ3v) is 5.15. The first-order valence-electron chi connectivity index (χ1n) is 8.85. The third kappa shape index (κ3) is 3.37. The lowest BCUT2D eigenvalue weighted by atomic mass is 10.1. The highest BCUT2D eigenvalue weighted by atomic mass is 19.1.